The molecule has 0 bridgehead atoms. The van der Waals surface area contributed by atoms with Gasteiger partial charge in [-0.25, -0.2) is 8.42 Å². The minimum Gasteiger partial charge on any atom is -0.497 e. The number of benzene rings is 3. The largest absolute Gasteiger partial charge is 0.497 e. The molecule has 3 aromatic carbocycles. The van der Waals surface area contributed by atoms with Crippen LogP contribution in [0.1, 0.15) is 56.6 Å². The van der Waals surface area contributed by atoms with E-state index >= 15 is 0 Å². The van der Waals surface area contributed by atoms with Gasteiger partial charge in [-0.2, -0.15) is 0 Å². The zero-order valence-corrected chi connectivity index (χ0v) is 29.5. The van der Waals surface area contributed by atoms with Gasteiger partial charge in [-0.1, -0.05) is 56.0 Å². The van der Waals surface area contributed by atoms with Crippen LogP contribution in [0.25, 0.3) is 0 Å². The number of anilines is 1. The Hall–Kier alpha value is -4.45. The van der Waals surface area contributed by atoms with Gasteiger partial charge in [-0.15, -0.1) is 0 Å². The SMILES string of the molecule is CCC(C(=O)NC1CCCCC1)N(Cc1cccc(C)c1)C(=O)CN(c1cc(OC)ccc1OC)S(=O)(=O)c1ccc(OC)c(OC)c1. The van der Waals surface area contributed by atoms with E-state index < -0.39 is 28.5 Å². The van der Waals surface area contributed by atoms with E-state index in [1.807, 2.05) is 38.1 Å². The maximum absolute atomic E-state index is 14.6. The molecule has 260 valence electrons. The molecule has 1 saturated carbocycles. The third kappa shape index (κ3) is 8.52. The van der Waals surface area contributed by atoms with Crippen LogP contribution in [0, 0.1) is 6.92 Å². The Kier molecular flexibility index (Phi) is 12.6. The summed E-state index contributed by atoms with van der Waals surface area (Å²) in [4.78, 5) is 29.8. The van der Waals surface area contributed by atoms with Crippen molar-refractivity contribution in [2.75, 3.05) is 39.3 Å². The number of carbonyl (C=O) groups excluding carboxylic acids is 2. The van der Waals surface area contributed by atoms with Gasteiger partial charge < -0.3 is 29.2 Å². The minimum atomic E-state index is -4.44. The van der Waals surface area contributed by atoms with Crippen LogP contribution < -0.4 is 28.6 Å². The van der Waals surface area contributed by atoms with Crippen molar-refractivity contribution in [1.29, 1.82) is 0 Å². The fourth-order valence-corrected chi connectivity index (χ4v) is 7.51. The van der Waals surface area contributed by atoms with Crippen LogP contribution in [0.2, 0.25) is 0 Å². The summed E-state index contributed by atoms with van der Waals surface area (Å²) in [6, 6.07) is 15.8. The third-order valence-corrected chi connectivity index (χ3v) is 10.4. The van der Waals surface area contributed by atoms with Crippen molar-refractivity contribution < 1.29 is 37.0 Å². The lowest BCUT2D eigenvalue weighted by atomic mass is 9.95. The maximum Gasteiger partial charge on any atom is 0.265 e. The van der Waals surface area contributed by atoms with Crippen molar-refractivity contribution in [2.24, 2.45) is 0 Å². The maximum atomic E-state index is 14.6. The van der Waals surface area contributed by atoms with Crippen molar-refractivity contribution in [2.45, 2.75) is 75.9 Å². The molecule has 4 rings (SSSR count). The van der Waals surface area contributed by atoms with Gasteiger partial charge in [0.25, 0.3) is 10.0 Å². The molecule has 1 aliphatic carbocycles. The normalized spacial score (nSPS) is 14.0. The first kappa shape index (κ1) is 36.4. The van der Waals surface area contributed by atoms with E-state index in [2.05, 4.69) is 5.32 Å². The van der Waals surface area contributed by atoms with E-state index in [0.29, 0.717) is 17.9 Å². The summed E-state index contributed by atoms with van der Waals surface area (Å²) in [5.41, 5.74) is 1.91. The Morgan fingerprint density at radius 1 is 0.854 bits per heavy atom. The second-order valence-electron chi connectivity index (χ2n) is 11.8. The third-order valence-electron chi connectivity index (χ3n) is 8.65. The van der Waals surface area contributed by atoms with Crippen LogP contribution in [-0.4, -0.2) is 72.2 Å². The Balaban J connectivity index is 1.81. The van der Waals surface area contributed by atoms with Gasteiger partial charge in [-0.3, -0.25) is 13.9 Å². The van der Waals surface area contributed by atoms with Gasteiger partial charge in [0, 0.05) is 24.7 Å². The number of amides is 2. The fourth-order valence-electron chi connectivity index (χ4n) is 6.08. The van der Waals surface area contributed by atoms with Gasteiger partial charge >= 0.3 is 0 Å². The summed E-state index contributed by atoms with van der Waals surface area (Å²) in [7, 11) is 1.31. The topological polar surface area (TPSA) is 124 Å². The van der Waals surface area contributed by atoms with Gasteiger partial charge in [0.05, 0.1) is 39.0 Å². The molecule has 12 heteroatoms. The second kappa shape index (κ2) is 16.6. The van der Waals surface area contributed by atoms with E-state index in [4.69, 9.17) is 18.9 Å². The summed E-state index contributed by atoms with van der Waals surface area (Å²) in [6.07, 6.45) is 5.33. The van der Waals surface area contributed by atoms with Crippen molar-refractivity contribution >= 4 is 27.5 Å². The van der Waals surface area contributed by atoms with E-state index in [9.17, 15) is 18.0 Å². The van der Waals surface area contributed by atoms with Crippen molar-refractivity contribution in [3.63, 3.8) is 0 Å². The Bertz CT molecular complexity index is 1670. The molecular formula is C36H47N3O8S. The van der Waals surface area contributed by atoms with E-state index in [-0.39, 0.29) is 40.6 Å². The molecule has 0 aliphatic heterocycles. The first-order valence-corrected chi connectivity index (χ1v) is 17.6. The molecule has 0 spiro atoms. The minimum absolute atomic E-state index is 0.0409. The molecule has 0 radical (unpaired) electrons. The van der Waals surface area contributed by atoms with Crippen LogP contribution in [0.5, 0.6) is 23.0 Å². The second-order valence-corrected chi connectivity index (χ2v) is 13.7. The molecule has 11 nitrogen and oxygen atoms in total. The molecule has 1 unspecified atom stereocenters. The van der Waals surface area contributed by atoms with E-state index in [0.717, 1.165) is 47.5 Å². The number of nitrogens with one attached hydrogen (secondary N) is 1. The van der Waals surface area contributed by atoms with Gasteiger partial charge in [0.15, 0.2) is 11.5 Å². The molecule has 1 aliphatic rings. The molecule has 1 N–H and O–H groups in total. The number of rotatable bonds is 15. The number of ether oxygens (including phenoxy) is 4. The monoisotopic (exact) mass is 681 g/mol. The number of nitrogens with zero attached hydrogens (tertiary/aromatic N) is 2. The first-order valence-electron chi connectivity index (χ1n) is 16.2. The Labute approximate surface area is 284 Å². The highest BCUT2D eigenvalue weighted by Gasteiger charge is 2.36. The van der Waals surface area contributed by atoms with Crippen LogP contribution in [-0.2, 0) is 26.2 Å². The van der Waals surface area contributed by atoms with Crippen LogP contribution in [0.3, 0.4) is 0 Å². The standard InChI is InChI=1S/C36H47N3O8S/c1-7-30(36(41)37-27-14-9-8-10-15-27)38(23-26-13-11-12-25(2)20-26)35(40)24-39(31-21-28(44-3)16-18-32(31)45-4)48(42,43)29-17-19-33(46-5)34(22-29)47-6/h11-13,16-22,27,30H,7-10,14-15,23-24H2,1-6H3,(H,37,41). The average molecular weight is 682 g/mol. The molecule has 0 aromatic heterocycles. The molecule has 48 heavy (non-hydrogen) atoms. The summed E-state index contributed by atoms with van der Waals surface area (Å²) in [5.74, 6) is 0.307. The van der Waals surface area contributed by atoms with Gasteiger partial charge in [-0.05, 0) is 56.0 Å². The zero-order chi connectivity index (χ0) is 34.8. The smallest absolute Gasteiger partial charge is 0.265 e. The summed E-state index contributed by atoms with van der Waals surface area (Å²) in [5, 5.41) is 3.17. The van der Waals surface area contributed by atoms with Gasteiger partial charge in [0.2, 0.25) is 11.8 Å². The quantitative estimate of drug-likeness (QED) is 0.224. The number of carbonyl (C=O) groups is 2. The van der Waals surface area contributed by atoms with E-state index in [1.165, 1.54) is 57.6 Å². The molecular weight excluding hydrogens is 634 g/mol. The lowest BCUT2D eigenvalue weighted by Crippen LogP contribution is -2.54. The molecule has 0 heterocycles. The summed E-state index contributed by atoms with van der Waals surface area (Å²) >= 11 is 0. The molecule has 1 fully saturated rings. The van der Waals surface area contributed by atoms with Crippen molar-refractivity contribution in [3.05, 3.63) is 71.8 Å². The highest BCUT2D eigenvalue weighted by atomic mass is 32.2. The molecule has 2 amide bonds. The number of aryl methyl sites for hydroxylation is 1. The number of methoxy groups -OCH3 is 4. The molecule has 3 aromatic rings. The Morgan fingerprint density at radius 3 is 2.17 bits per heavy atom. The predicted octanol–water partition coefficient (Wildman–Crippen LogP) is 5.48. The predicted molar refractivity (Wildman–Crippen MR) is 184 cm³/mol. The average Bonchev–Trinajstić information content (AvgIpc) is 3.10. The van der Waals surface area contributed by atoms with Crippen LogP contribution in [0.4, 0.5) is 5.69 Å². The lowest BCUT2D eigenvalue weighted by molar-refractivity contribution is -0.140. The van der Waals surface area contributed by atoms with Crippen molar-refractivity contribution in [1.82, 2.24) is 10.2 Å². The lowest BCUT2D eigenvalue weighted by Gasteiger charge is -2.34. The number of hydrogen-bond acceptors (Lipinski definition) is 8. The highest BCUT2D eigenvalue weighted by molar-refractivity contribution is 7.92. The van der Waals surface area contributed by atoms with E-state index in [1.54, 1.807) is 12.1 Å². The highest BCUT2D eigenvalue weighted by Crippen LogP contribution is 2.38. The fraction of sp³-hybridized carbons (Fsp3) is 0.444. The number of sulfonamides is 1. The van der Waals surface area contributed by atoms with Crippen LogP contribution in [0.15, 0.2) is 65.6 Å². The zero-order valence-electron chi connectivity index (χ0n) is 28.7. The summed E-state index contributed by atoms with van der Waals surface area (Å²) in [6.45, 7) is 3.29. The van der Waals surface area contributed by atoms with Gasteiger partial charge in [0.1, 0.15) is 24.1 Å². The van der Waals surface area contributed by atoms with Crippen molar-refractivity contribution in [3.8, 4) is 23.0 Å². The first-order chi connectivity index (χ1) is 23.1. The van der Waals surface area contributed by atoms with Crippen LogP contribution >= 0.6 is 0 Å². The number of hydrogen-bond donors (Lipinski definition) is 1. The Morgan fingerprint density at radius 2 is 1.54 bits per heavy atom. The molecule has 1 atom stereocenters. The molecule has 0 saturated heterocycles. The summed E-state index contributed by atoms with van der Waals surface area (Å²) < 4.78 is 51.8.